The zero-order valence-corrected chi connectivity index (χ0v) is 11.7. The van der Waals surface area contributed by atoms with Crippen LogP contribution in [0.25, 0.3) is 0 Å². The highest BCUT2D eigenvalue weighted by Crippen LogP contribution is 2.19. The van der Waals surface area contributed by atoms with Gasteiger partial charge in [-0.1, -0.05) is 39.0 Å². The van der Waals surface area contributed by atoms with Gasteiger partial charge in [0, 0.05) is 5.57 Å². The lowest BCUT2D eigenvalue weighted by Crippen LogP contribution is -2.09. The number of hydrogen-bond donors (Lipinski definition) is 0. The molecule has 0 fully saturated rings. The molecule has 0 spiro atoms. The fourth-order valence-corrected chi connectivity index (χ4v) is 1.40. The quantitative estimate of drug-likeness (QED) is 0.361. The molecule has 0 radical (unpaired) electrons. The first-order valence-electron chi connectivity index (χ1n) is 6.32. The van der Waals surface area contributed by atoms with Crippen LogP contribution in [0.1, 0.15) is 47.0 Å². The molecule has 0 aliphatic rings. The van der Waals surface area contributed by atoms with E-state index >= 15 is 0 Å². The summed E-state index contributed by atoms with van der Waals surface area (Å²) in [6, 6.07) is 0. The van der Waals surface area contributed by atoms with Gasteiger partial charge in [0.15, 0.2) is 0 Å². The molecule has 17 heavy (non-hydrogen) atoms. The summed E-state index contributed by atoms with van der Waals surface area (Å²) < 4.78 is 5.07. The summed E-state index contributed by atoms with van der Waals surface area (Å²) in [5, 5.41) is 0. The predicted octanol–water partition coefficient (Wildman–Crippen LogP) is 4.12. The third-order valence-electron chi connectivity index (χ3n) is 3.13. The van der Waals surface area contributed by atoms with Crippen molar-refractivity contribution in [2.45, 2.75) is 47.0 Å². The van der Waals surface area contributed by atoms with Crippen LogP contribution in [-0.4, -0.2) is 12.6 Å². The van der Waals surface area contributed by atoms with E-state index in [2.05, 4.69) is 33.9 Å². The molecule has 2 heteroatoms. The number of rotatable bonds is 8. The van der Waals surface area contributed by atoms with Crippen molar-refractivity contribution in [3.05, 3.63) is 24.3 Å². The largest absolute Gasteiger partial charge is 0.462 e. The Balaban J connectivity index is 3.66. The lowest BCUT2D eigenvalue weighted by atomic mass is 9.92. The van der Waals surface area contributed by atoms with Crippen molar-refractivity contribution in [2.75, 3.05) is 6.61 Å². The van der Waals surface area contributed by atoms with E-state index in [0.717, 1.165) is 19.3 Å². The van der Waals surface area contributed by atoms with Gasteiger partial charge < -0.3 is 4.74 Å². The highest BCUT2D eigenvalue weighted by atomic mass is 16.5. The molecular weight excluding hydrogens is 212 g/mol. The summed E-state index contributed by atoms with van der Waals surface area (Å²) in [5.41, 5.74) is 1.71. The molecule has 0 N–H and O–H groups in total. The number of ether oxygens (including phenoxy) is 1. The van der Waals surface area contributed by atoms with Crippen LogP contribution in [0, 0.1) is 11.8 Å². The van der Waals surface area contributed by atoms with E-state index in [1.54, 1.807) is 6.92 Å². The average Bonchev–Trinajstić information content (AvgIpc) is 2.25. The second-order valence-corrected chi connectivity index (χ2v) is 5.13. The Labute approximate surface area is 106 Å². The molecule has 0 saturated carbocycles. The first kappa shape index (κ1) is 16.0. The Morgan fingerprint density at radius 3 is 2.18 bits per heavy atom. The third-order valence-corrected chi connectivity index (χ3v) is 3.13. The van der Waals surface area contributed by atoms with Gasteiger partial charge in [0.25, 0.3) is 0 Å². The minimum atomic E-state index is -0.285. The molecule has 0 aliphatic heterocycles. The van der Waals surface area contributed by atoms with Gasteiger partial charge in [0.2, 0.25) is 0 Å². The first-order chi connectivity index (χ1) is 7.84. The van der Waals surface area contributed by atoms with Crippen molar-refractivity contribution in [1.82, 2.24) is 0 Å². The Kier molecular flexibility index (Phi) is 7.60. The molecule has 0 amide bonds. The molecule has 0 aromatic heterocycles. The Hall–Kier alpha value is -1.05. The smallest absolute Gasteiger partial charge is 0.333 e. The van der Waals surface area contributed by atoms with Crippen LogP contribution in [0.5, 0.6) is 0 Å². The van der Waals surface area contributed by atoms with Gasteiger partial charge in [-0.2, -0.15) is 0 Å². The van der Waals surface area contributed by atoms with E-state index in [1.807, 2.05) is 0 Å². The van der Waals surface area contributed by atoms with Crippen LogP contribution in [0.2, 0.25) is 0 Å². The van der Waals surface area contributed by atoms with E-state index in [4.69, 9.17) is 4.74 Å². The molecule has 0 saturated heterocycles. The zero-order valence-electron chi connectivity index (χ0n) is 11.7. The van der Waals surface area contributed by atoms with Crippen LogP contribution in [-0.2, 0) is 9.53 Å². The van der Waals surface area contributed by atoms with E-state index in [-0.39, 0.29) is 5.97 Å². The van der Waals surface area contributed by atoms with Crippen LogP contribution in [0.4, 0.5) is 0 Å². The van der Waals surface area contributed by atoms with Crippen LogP contribution in [0.15, 0.2) is 24.3 Å². The molecule has 98 valence electrons. The van der Waals surface area contributed by atoms with Crippen molar-refractivity contribution in [2.24, 2.45) is 11.8 Å². The van der Waals surface area contributed by atoms with E-state index in [0.29, 0.717) is 24.0 Å². The van der Waals surface area contributed by atoms with E-state index < -0.39 is 0 Å². The third kappa shape index (κ3) is 7.78. The molecule has 0 bridgehead atoms. The Bertz CT molecular complexity index is 279. The van der Waals surface area contributed by atoms with E-state index in [9.17, 15) is 4.79 Å². The molecule has 2 unspecified atom stereocenters. The summed E-state index contributed by atoms with van der Waals surface area (Å²) >= 11 is 0. The van der Waals surface area contributed by atoms with Crippen molar-refractivity contribution in [1.29, 1.82) is 0 Å². The monoisotopic (exact) mass is 238 g/mol. The number of esters is 1. The predicted molar refractivity (Wildman–Crippen MR) is 72.8 cm³/mol. The molecule has 0 heterocycles. The van der Waals surface area contributed by atoms with Crippen LogP contribution in [0.3, 0.4) is 0 Å². The van der Waals surface area contributed by atoms with Crippen LogP contribution < -0.4 is 0 Å². The van der Waals surface area contributed by atoms with Crippen molar-refractivity contribution in [3.8, 4) is 0 Å². The molecule has 0 aliphatic carbocycles. The minimum absolute atomic E-state index is 0.285. The minimum Gasteiger partial charge on any atom is -0.462 e. The molecule has 2 nitrogen and oxygen atoms in total. The molecule has 2 atom stereocenters. The standard InChI is InChI=1S/C15H26O2/c1-11(2)14(6)8-7-13(5)9-10-17-15(16)12(3)4/h13-14H,1,3,7-10H2,2,4-6H3. The van der Waals surface area contributed by atoms with Gasteiger partial charge in [0.05, 0.1) is 6.61 Å². The summed E-state index contributed by atoms with van der Waals surface area (Å²) in [5.74, 6) is 0.873. The summed E-state index contributed by atoms with van der Waals surface area (Å²) in [4.78, 5) is 11.1. The highest BCUT2D eigenvalue weighted by Gasteiger charge is 2.09. The van der Waals surface area contributed by atoms with Crippen LogP contribution >= 0.6 is 0 Å². The maximum absolute atomic E-state index is 11.1. The summed E-state index contributed by atoms with van der Waals surface area (Å²) in [6.07, 6.45) is 3.23. The normalized spacial score (nSPS) is 13.9. The number of hydrogen-bond acceptors (Lipinski definition) is 2. The molecule has 0 rings (SSSR count). The topological polar surface area (TPSA) is 26.3 Å². The van der Waals surface area contributed by atoms with Gasteiger partial charge in [-0.3, -0.25) is 0 Å². The van der Waals surface area contributed by atoms with Crippen molar-refractivity contribution < 1.29 is 9.53 Å². The number of carbonyl (C=O) groups excluding carboxylic acids is 1. The maximum Gasteiger partial charge on any atom is 0.333 e. The fraction of sp³-hybridized carbons (Fsp3) is 0.667. The average molecular weight is 238 g/mol. The van der Waals surface area contributed by atoms with Gasteiger partial charge >= 0.3 is 5.97 Å². The molecule has 0 aromatic rings. The highest BCUT2D eigenvalue weighted by molar-refractivity contribution is 5.86. The summed E-state index contributed by atoms with van der Waals surface area (Å²) in [7, 11) is 0. The van der Waals surface area contributed by atoms with Gasteiger partial charge in [-0.05, 0) is 38.5 Å². The zero-order chi connectivity index (χ0) is 13.4. The Morgan fingerprint density at radius 2 is 1.71 bits per heavy atom. The lowest BCUT2D eigenvalue weighted by molar-refractivity contribution is -0.139. The van der Waals surface area contributed by atoms with E-state index in [1.165, 1.54) is 5.57 Å². The van der Waals surface area contributed by atoms with Gasteiger partial charge in [0.1, 0.15) is 0 Å². The number of carbonyl (C=O) groups is 1. The lowest BCUT2D eigenvalue weighted by Gasteiger charge is -2.15. The number of allylic oxidation sites excluding steroid dienone is 1. The molecule has 0 aromatic carbocycles. The van der Waals surface area contributed by atoms with Gasteiger partial charge in [-0.15, -0.1) is 0 Å². The Morgan fingerprint density at radius 1 is 1.12 bits per heavy atom. The van der Waals surface area contributed by atoms with Gasteiger partial charge in [-0.25, -0.2) is 4.79 Å². The SMILES string of the molecule is C=C(C)C(=O)OCCC(C)CCC(C)C(=C)C. The summed E-state index contributed by atoms with van der Waals surface area (Å²) in [6.45, 7) is 16.1. The second kappa shape index (κ2) is 8.10. The van der Waals surface area contributed by atoms with Crippen molar-refractivity contribution >= 4 is 5.97 Å². The van der Waals surface area contributed by atoms with Crippen molar-refractivity contribution in [3.63, 3.8) is 0 Å². The molecular formula is C15H26O2. The first-order valence-corrected chi connectivity index (χ1v) is 6.32. The fourth-order valence-electron chi connectivity index (χ4n) is 1.40. The second-order valence-electron chi connectivity index (χ2n) is 5.13. The maximum atomic E-state index is 11.1.